The summed E-state index contributed by atoms with van der Waals surface area (Å²) < 4.78 is 5.07. The van der Waals surface area contributed by atoms with Gasteiger partial charge in [-0.1, -0.05) is 13.8 Å². The minimum absolute atomic E-state index is 0.250. The molecule has 4 aliphatic rings. The van der Waals surface area contributed by atoms with Crippen LogP contribution >= 0.6 is 12.2 Å². The monoisotopic (exact) mass is 296 g/mol. The van der Waals surface area contributed by atoms with Crippen molar-refractivity contribution in [3.63, 3.8) is 0 Å². The molecule has 2 N–H and O–H groups in total. The van der Waals surface area contributed by atoms with Crippen LogP contribution in [0.3, 0.4) is 0 Å². The van der Waals surface area contributed by atoms with Crippen molar-refractivity contribution in [2.75, 3.05) is 20.3 Å². The van der Waals surface area contributed by atoms with Crippen LogP contribution in [-0.4, -0.2) is 30.9 Å². The van der Waals surface area contributed by atoms with Crippen molar-refractivity contribution in [3.05, 3.63) is 0 Å². The summed E-state index contributed by atoms with van der Waals surface area (Å²) in [5.41, 5.74) is 1.31. The molecule has 2 unspecified atom stereocenters. The molecule has 4 rings (SSSR count). The molecule has 2 atom stereocenters. The van der Waals surface area contributed by atoms with Gasteiger partial charge in [0, 0.05) is 19.2 Å². The summed E-state index contributed by atoms with van der Waals surface area (Å²) in [5.74, 6) is 0.899. The molecule has 4 fully saturated rings. The number of hydrogen-bond donors (Lipinski definition) is 2. The van der Waals surface area contributed by atoms with Crippen molar-refractivity contribution in [2.24, 2.45) is 16.7 Å². The zero-order chi connectivity index (χ0) is 14.4. The number of thiocarbonyl (C=S) groups is 1. The minimum atomic E-state index is 0.250. The molecule has 4 bridgehead atoms. The van der Waals surface area contributed by atoms with Crippen molar-refractivity contribution >= 4 is 17.3 Å². The molecule has 0 heterocycles. The normalized spacial score (nSPS) is 45.5. The average molecular weight is 296 g/mol. The second-order valence-corrected chi connectivity index (χ2v) is 8.69. The molecule has 114 valence electrons. The van der Waals surface area contributed by atoms with Gasteiger partial charge >= 0.3 is 0 Å². The summed E-state index contributed by atoms with van der Waals surface area (Å²) in [6, 6.07) is 0. The van der Waals surface area contributed by atoms with Gasteiger partial charge in [0.25, 0.3) is 0 Å². The first-order valence-electron chi connectivity index (χ1n) is 7.91. The van der Waals surface area contributed by atoms with Gasteiger partial charge < -0.3 is 15.4 Å². The van der Waals surface area contributed by atoms with E-state index in [0.29, 0.717) is 17.4 Å². The predicted molar refractivity (Wildman–Crippen MR) is 85.7 cm³/mol. The highest BCUT2D eigenvalue weighted by Gasteiger charge is 2.60. The first-order valence-corrected chi connectivity index (χ1v) is 8.32. The van der Waals surface area contributed by atoms with E-state index in [1.54, 1.807) is 7.11 Å². The maximum atomic E-state index is 5.50. The van der Waals surface area contributed by atoms with E-state index in [1.165, 1.54) is 38.5 Å². The Morgan fingerprint density at radius 1 is 1.15 bits per heavy atom. The Kier molecular flexibility index (Phi) is 3.53. The Morgan fingerprint density at radius 2 is 1.80 bits per heavy atom. The summed E-state index contributed by atoms with van der Waals surface area (Å²) in [4.78, 5) is 0. The van der Waals surface area contributed by atoms with Gasteiger partial charge in [0.05, 0.1) is 6.61 Å². The van der Waals surface area contributed by atoms with Crippen LogP contribution in [0.15, 0.2) is 0 Å². The number of methoxy groups -OCH3 is 1. The van der Waals surface area contributed by atoms with E-state index >= 15 is 0 Å². The van der Waals surface area contributed by atoms with Crippen LogP contribution in [0.25, 0.3) is 0 Å². The highest BCUT2D eigenvalue weighted by molar-refractivity contribution is 7.80. The zero-order valence-corrected chi connectivity index (χ0v) is 13.9. The van der Waals surface area contributed by atoms with Crippen molar-refractivity contribution in [1.82, 2.24) is 10.6 Å². The Labute approximate surface area is 128 Å². The van der Waals surface area contributed by atoms with Crippen LogP contribution in [0, 0.1) is 16.7 Å². The first-order chi connectivity index (χ1) is 9.36. The van der Waals surface area contributed by atoms with Gasteiger partial charge in [0.2, 0.25) is 0 Å². The Hall–Kier alpha value is -0.350. The van der Waals surface area contributed by atoms with E-state index < -0.39 is 0 Å². The third-order valence-electron chi connectivity index (χ3n) is 5.60. The molecular formula is C16H28N2OS. The Bertz CT molecular complexity index is 393. The van der Waals surface area contributed by atoms with Crippen LogP contribution in [-0.2, 0) is 4.74 Å². The van der Waals surface area contributed by atoms with E-state index in [2.05, 4.69) is 24.5 Å². The highest BCUT2D eigenvalue weighted by Crippen LogP contribution is 2.66. The largest absolute Gasteiger partial charge is 0.383 e. The molecule has 4 heteroatoms. The van der Waals surface area contributed by atoms with Crippen molar-refractivity contribution in [1.29, 1.82) is 0 Å². The summed E-state index contributed by atoms with van der Waals surface area (Å²) >= 11 is 5.50. The summed E-state index contributed by atoms with van der Waals surface area (Å²) in [6.45, 7) is 6.48. The van der Waals surface area contributed by atoms with E-state index in [0.717, 1.165) is 17.6 Å². The second kappa shape index (κ2) is 4.84. The average Bonchev–Trinajstić information content (AvgIpc) is 2.22. The van der Waals surface area contributed by atoms with E-state index in [9.17, 15) is 0 Å². The molecule has 0 aliphatic heterocycles. The van der Waals surface area contributed by atoms with E-state index in [-0.39, 0.29) is 5.54 Å². The lowest BCUT2D eigenvalue weighted by Crippen LogP contribution is -2.66. The van der Waals surface area contributed by atoms with Crippen LogP contribution in [0.1, 0.15) is 52.4 Å². The Balaban J connectivity index is 1.68. The van der Waals surface area contributed by atoms with E-state index in [1.807, 2.05) is 0 Å². The van der Waals surface area contributed by atoms with Gasteiger partial charge in [-0.15, -0.1) is 0 Å². The zero-order valence-electron chi connectivity index (χ0n) is 13.1. The van der Waals surface area contributed by atoms with Gasteiger partial charge in [-0.3, -0.25) is 0 Å². The molecule has 0 amide bonds. The van der Waals surface area contributed by atoms with Gasteiger partial charge in [0.1, 0.15) is 0 Å². The topological polar surface area (TPSA) is 33.3 Å². The van der Waals surface area contributed by atoms with Crippen LogP contribution < -0.4 is 10.6 Å². The fourth-order valence-corrected chi connectivity index (χ4v) is 6.46. The molecule has 20 heavy (non-hydrogen) atoms. The maximum Gasteiger partial charge on any atom is 0.166 e. The number of rotatable bonds is 4. The van der Waals surface area contributed by atoms with Gasteiger partial charge in [-0.25, -0.2) is 0 Å². The molecule has 0 aromatic rings. The SMILES string of the molecule is COCCNC(=S)NC12CC3CC(C)(CC(C)(C3)C1)C2. The van der Waals surface area contributed by atoms with Crippen molar-refractivity contribution in [3.8, 4) is 0 Å². The maximum absolute atomic E-state index is 5.50. The molecule has 0 saturated heterocycles. The van der Waals surface area contributed by atoms with E-state index in [4.69, 9.17) is 17.0 Å². The van der Waals surface area contributed by atoms with Crippen molar-refractivity contribution < 1.29 is 4.74 Å². The lowest BCUT2D eigenvalue weighted by Gasteiger charge is -2.65. The number of ether oxygens (including phenoxy) is 1. The predicted octanol–water partition coefficient (Wildman–Crippen LogP) is 2.85. The summed E-state index contributed by atoms with van der Waals surface area (Å²) in [7, 11) is 1.72. The second-order valence-electron chi connectivity index (χ2n) is 8.28. The smallest absolute Gasteiger partial charge is 0.166 e. The minimum Gasteiger partial charge on any atom is -0.383 e. The third kappa shape index (κ3) is 2.69. The first kappa shape index (κ1) is 14.6. The molecule has 0 spiro atoms. The molecule has 0 aromatic heterocycles. The molecule has 0 radical (unpaired) electrons. The summed E-state index contributed by atoms with van der Waals surface area (Å²) in [5, 5.41) is 7.79. The number of hydrogen-bond acceptors (Lipinski definition) is 2. The van der Waals surface area contributed by atoms with Gasteiger partial charge in [0.15, 0.2) is 5.11 Å². The third-order valence-corrected chi connectivity index (χ3v) is 5.84. The summed E-state index contributed by atoms with van der Waals surface area (Å²) in [6.07, 6.45) is 8.15. The van der Waals surface area contributed by atoms with Crippen LogP contribution in [0.5, 0.6) is 0 Å². The molecular weight excluding hydrogens is 268 g/mol. The fraction of sp³-hybridized carbons (Fsp3) is 0.938. The lowest BCUT2D eigenvalue weighted by atomic mass is 9.43. The van der Waals surface area contributed by atoms with Crippen LogP contribution in [0.2, 0.25) is 0 Å². The standard InChI is InChI=1S/C16H28N2OS/c1-14-6-12-7-15(2,9-14)11-16(8-12,10-14)18-13(20)17-4-5-19-3/h12H,4-11H2,1-3H3,(H2,17,18,20). The lowest BCUT2D eigenvalue weighted by molar-refractivity contribution is -0.111. The molecule has 0 aromatic carbocycles. The Morgan fingerprint density at radius 3 is 2.35 bits per heavy atom. The molecule has 4 aliphatic carbocycles. The van der Waals surface area contributed by atoms with Gasteiger partial charge in [-0.05, 0) is 67.5 Å². The fourth-order valence-electron chi connectivity index (χ4n) is 6.14. The molecule has 4 saturated carbocycles. The van der Waals surface area contributed by atoms with Crippen molar-refractivity contribution in [2.45, 2.75) is 57.9 Å². The quantitative estimate of drug-likeness (QED) is 0.617. The number of nitrogens with one attached hydrogen (secondary N) is 2. The molecule has 3 nitrogen and oxygen atoms in total. The van der Waals surface area contributed by atoms with Gasteiger partial charge in [-0.2, -0.15) is 0 Å². The van der Waals surface area contributed by atoms with Crippen LogP contribution in [0.4, 0.5) is 0 Å². The highest BCUT2D eigenvalue weighted by atomic mass is 32.1.